The zero-order valence-corrected chi connectivity index (χ0v) is 11.1. The second kappa shape index (κ2) is 5.53. The van der Waals surface area contributed by atoms with Crippen LogP contribution < -0.4 is 5.32 Å². The minimum atomic E-state index is -0.406. The lowest BCUT2D eigenvalue weighted by atomic mass is 9.96. The zero-order chi connectivity index (χ0) is 13.1. The maximum Gasteiger partial charge on any atom is 0.228 e. The Morgan fingerprint density at radius 3 is 2.83 bits per heavy atom. The summed E-state index contributed by atoms with van der Waals surface area (Å²) in [6.07, 6.45) is 3.81. The number of aryl methyl sites for hydroxylation is 1. The van der Waals surface area contributed by atoms with Crippen LogP contribution in [0, 0.1) is 0 Å². The number of carbonyl (C=O) groups excluding carboxylic acids is 1. The Kier molecular flexibility index (Phi) is 4.02. The van der Waals surface area contributed by atoms with Gasteiger partial charge in [0.25, 0.3) is 0 Å². The van der Waals surface area contributed by atoms with Crippen LogP contribution in [0.2, 0.25) is 0 Å². The topological polar surface area (TPSA) is 49.3 Å². The van der Waals surface area contributed by atoms with Gasteiger partial charge in [-0.2, -0.15) is 0 Å². The summed E-state index contributed by atoms with van der Waals surface area (Å²) >= 11 is 0. The van der Waals surface area contributed by atoms with Crippen molar-refractivity contribution in [3.63, 3.8) is 0 Å². The highest BCUT2D eigenvalue weighted by atomic mass is 16.3. The molecule has 0 spiro atoms. The minimum absolute atomic E-state index is 0.0555. The number of anilines is 1. The van der Waals surface area contributed by atoms with Crippen LogP contribution >= 0.6 is 0 Å². The number of aliphatic hydroxyl groups is 1. The van der Waals surface area contributed by atoms with Gasteiger partial charge in [0.1, 0.15) is 0 Å². The molecule has 1 unspecified atom stereocenters. The van der Waals surface area contributed by atoms with Crippen molar-refractivity contribution in [2.24, 2.45) is 0 Å². The zero-order valence-electron chi connectivity index (χ0n) is 11.1. The molecule has 98 valence electrons. The van der Waals surface area contributed by atoms with Crippen LogP contribution in [0.4, 0.5) is 5.69 Å². The van der Waals surface area contributed by atoms with E-state index in [1.54, 1.807) is 0 Å². The fourth-order valence-electron chi connectivity index (χ4n) is 2.49. The van der Waals surface area contributed by atoms with E-state index < -0.39 is 6.10 Å². The van der Waals surface area contributed by atoms with Gasteiger partial charge in [0.05, 0.1) is 12.5 Å². The first kappa shape index (κ1) is 13.1. The van der Waals surface area contributed by atoms with Crippen LogP contribution in [0.15, 0.2) is 12.1 Å². The minimum Gasteiger partial charge on any atom is -0.388 e. The Morgan fingerprint density at radius 2 is 2.17 bits per heavy atom. The molecule has 1 atom stereocenters. The predicted octanol–water partition coefficient (Wildman–Crippen LogP) is 2.97. The Bertz CT molecular complexity index is 454. The predicted molar refractivity (Wildman–Crippen MR) is 72.6 cm³/mol. The van der Waals surface area contributed by atoms with E-state index in [0.29, 0.717) is 6.42 Å². The summed E-state index contributed by atoms with van der Waals surface area (Å²) < 4.78 is 0. The second-order valence-corrected chi connectivity index (χ2v) is 4.95. The number of aliphatic hydroxyl groups excluding tert-OH is 1. The van der Waals surface area contributed by atoms with E-state index in [0.717, 1.165) is 48.1 Å². The van der Waals surface area contributed by atoms with Gasteiger partial charge in [-0.3, -0.25) is 4.79 Å². The first-order valence-electron chi connectivity index (χ1n) is 6.79. The van der Waals surface area contributed by atoms with Gasteiger partial charge < -0.3 is 10.4 Å². The highest BCUT2D eigenvalue weighted by Crippen LogP contribution is 2.32. The van der Waals surface area contributed by atoms with Gasteiger partial charge in [-0.05, 0) is 29.5 Å². The van der Waals surface area contributed by atoms with Gasteiger partial charge in [-0.1, -0.05) is 38.8 Å². The van der Waals surface area contributed by atoms with Crippen molar-refractivity contribution >= 4 is 11.6 Å². The van der Waals surface area contributed by atoms with Crippen molar-refractivity contribution in [1.82, 2.24) is 0 Å². The van der Waals surface area contributed by atoms with Crippen LogP contribution in [0.25, 0.3) is 0 Å². The monoisotopic (exact) mass is 247 g/mol. The molecule has 2 rings (SSSR count). The molecule has 1 heterocycles. The third-order valence-electron chi connectivity index (χ3n) is 3.54. The Labute approximate surface area is 108 Å². The van der Waals surface area contributed by atoms with Crippen LogP contribution in [-0.2, 0) is 17.6 Å². The van der Waals surface area contributed by atoms with E-state index in [2.05, 4.69) is 19.2 Å². The fraction of sp³-hybridized carbons (Fsp3) is 0.533. The van der Waals surface area contributed by atoms with Crippen molar-refractivity contribution < 1.29 is 9.90 Å². The van der Waals surface area contributed by atoms with E-state index in [1.165, 1.54) is 0 Å². The molecule has 1 aliphatic rings. The first-order valence-corrected chi connectivity index (χ1v) is 6.79. The SMILES string of the molecule is CCCCC(O)c1cc(CC)c2c(c1)CC(=O)N2. The number of fused-ring (bicyclic) bond motifs is 1. The quantitative estimate of drug-likeness (QED) is 0.840. The largest absolute Gasteiger partial charge is 0.388 e. The summed E-state index contributed by atoms with van der Waals surface area (Å²) in [5, 5.41) is 13.1. The number of hydrogen-bond acceptors (Lipinski definition) is 2. The van der Waals surface area contributed by atoms with Crippen molar-refractivity contribution in [1.29, 1.82) is 0 Å². The summed E-state index contributed by atoms with van der Waals surface area (Å²) in [4.78, 5) is 11.4. The number of unbranched alkanes of at least 4 members (excludes halogenated alkanes) is 1. The Hall–Kier alpha value is -1.35. The molecule has 0 aliphatic carbocycles. The van der Waals surface area contributed by atoms with Gasteiger partial charge in [-0.25, -0.2) is 0 Å². The Morgan fingerprint density at radius 1 is 1.39 bits per heavy atom. The van der Waals surface area contributed by atoms with Crippen molar-refractivity contribution in [2.75, 3.05) is 5.32 Å². The maximum absolute atomic E-state index is 11.4. The second-order valence-electron chi connectivity index (χ2n) is 4.95. The van der Waals surface area contributed by atoms with Crippen LogP contribution in [0.3, 0.4) is 0 Å². The normalized spacial score (nSPS) is 15.4. The smallest absolute Gasteiger partial charge is 0.228 e. The molecule has 2 N–H and O–H groups in total. The van der Waals surface area contributed by atoms with Gasteiger partial charge in [0.15, 0.2) is 0 Å². The van der Waals surface area contributed by atoms with Crippen molar-refractivity contribution in [2.45, 2.75) is 52.1 Å². The number of amides is 1. The molecule has 0 radical (unpaired) electrons. The van der Waals surface area contributed by atoms with Gasteiger partial charge in [0.2, 0.25) is 5.91 Å². The first-order chi connectivity index (χ1) is 8.65. The molecule has 0 aromatic heterocycles. The van der Waals surface area contributed by atoms with Gasteiger partial charge in [0, 0.05) is 5.69 Å². The number of rotatable bonds is 5. The van der Waals surface area contributed by atoms with E-state index in [9.17, 15) is 9.90 Å². The van der Waals surface area contributed by atoms with E-state index in [-0.39, 0.29) is 5.91 Å². The van der Waals surface area contributed by atoms with Crippen molar-refractivity contribution in [3.8, 4) is 0 Å². The highest BCUT2D eigenvalue weighted by molar-refractivity contribution is 6.00. The average Bonchev–Trinajstić information content (AvgIpc) is 2.74. The lowest BCUT2D eigenvalue weighted by Gasteiger charge is -2.14. The van der Waals surface area contributed by atoms with E-state index >= 15 is 0 Å². The van der Waals surface area contributed by atoms with Gasteiger partial charge >= 0.3 is 0 Å². The molecular weight excluding hydrogens is 226 g/mol. The summed E-state index contributed by atoms with van der Waals surface area (Å²) in [5.74, 6) is 0.0555. The molecule has 0 fully saturated rings. The molecule has 3 nitrogen and oxygen atoms in total. The lowest BCUT2D eigenvalue weighted by molar-refractivity contribution is -0.115. The molecule has 1 aliphatic heterocycles. The number of benzene rings is 1. The molecular formula is C15H21NO2. The van der Waals surface area contributed by atoms with Gasteiger partial charge in [-0.15, -0.1) is 0 Å². The molecule has 1 aromatic carbocycles. The summed E-state index contributed by atoms with van der Waals surface area (Å²) in [5.41, 5.74) is 4.08. The van der Waals surface area contributed by atoms with Crippen LogP contribution in [-0.4, -0.2) is 11.0 Å². The number of hydrogen-bond donors (Lipinski definition) is 2. The third-order valence-corrected chi connectivity index (χ3v) is 3.54. The summed E-state index contributed by atoms with van der Waals surface area (Å²) in [6.45, 7) is 4.19. The van der Waals surface area contributed by atoms with E-state index in [4.69, 9.17) is 0 Å². The molecule has 18 heavy (non-hydrogen) atoms. The Balaban J connectivity index is 2.28. The molecule has 3 heteroatoms. The standard InChI is InChI=1S/C15H21NO2/c1-3-5-6-13(17)11-7-10(4-2)15-12(8-11)9-14(18)16-15/h7-8,13,17H,3-6,9H2,1-2H3,(H,16,18). The average molecular weight is 247 g/mol. The third kappa shape index (κ3) is 2.56. The maximum atomic E-state index is 11.4. The van der Waals surface area contributed by atoms with E-state index in [1.807, 2.05) is 12.1 Å². The molecule has 0 bridgehead atoms. The summed E-state index contributed by atoms with van der Waals surface area (Å²) in [7, 11) is 0. The van der Waals surface area contributed by atoms with Crippen molar-refractivity contribution in [3.05, 3.63) is 28.8 Å². The lowest BCUT2D eigenvalue weighted by Crippen LogP contribution is -2.05. The molecule has 1 amide bonds. The highest BCUT2D eigenvalue weighted by Gasteiger charge is 2.22. The van der Waals surface area contributed by atoms with Crippen LogP contribution in [0.5, 0.6) is 0 Å². The number of nitrogens with one attached hydrogen (secondary N) is 1. The molecule has 1 aromatic rings. The molecule has 0 saturated carbocycles. The summed E-state index contributed by atoms with van der Waals surface area (Å²) in [6, 6.07) is 4.01. The fourth-order valence-corrected chi connectivity index (χ4v) is 2.49. The van der Waals surface area contributed by atoms with Crippen LogP contribution in [0.1, 0.15) is 55.9 Å². The molecule has 0 saturated heterocycles. The number of carbonyl (C=O) groups is 1.